The molecule has 0 atom stereocenters. The van der Waals surface area contributed by atoms with Gasteiger partial charge in [-0.25, -0.2) is 8.78 Å². The number of alkyl halides is 2. The van der Waals surface area contributed by atoms with Crippen molar-refractivity contribution in [2.24, 2.45) is 5.41 Å². The van der Waals surface area contributed by atoms with Crippen LogP contribution in [-0.4, -0.2) is 12.7 Å². The Morgan fingerprint density at radius 1 is 0.750 bits per heavy atom. The van der Waals surface area contributed by atoms with Gasteiger partial charge in [-0.2, -0.15) is 12.6 Å². The maximum Gasteiger partial charge on any atom is 0.229 e. The molecule has 0 unspecified atom stereocenters. The van der Waals surface area contributed by atoms with Crippen LogP contribution in [0.4, 0.5) is 8.78 Å². The van der Waals surface area contributed by atoms with Crippen molar-refractivity contribution in [1.29, 1.82) is 0 Å². The summed E-state index contributed by atoms with van der Waals surface area (Å²) in [5, 5.41) is 0. The molecule has 0 saturated carbocycles. The third-order valence-electron chi connectivity index (χ3n) is 2.96. The van der Waals surface area contributed by atoms with Crippen LogP contribution in [0.3, 0.4) is 0 Å². The SMILES string of the molecule is CC.CC.CCCCC(CS)(CCC)CCC.FCF. The molecule has 0 amide bonds. The summed E-state index contributed by atoms with van der Waals surface area (Å²) in [6.07, 6.45) is 9.43. The zero-order chi connectivity index (χ0) is 16.9. The molecule has 0 N–H and O–H groups in total. The first-order chi connectivity index (χ1) is 9.66. The Kier molecular flexibility index (Phi) is 39.1. The molecule has 0 saturated heterocycles. The van der Waals surface area contributed by atoms with Gasteiger partial charge in [0.25, 0.3) is 0 Å². The normalized spacial score (nSPS) is 9.30. The largest absolute Gasteiger partial charge is 0.229 e. The molecule has 0 aliphatic carbocycles. The van der Waals surface area contributed by atoms with Crippen LogP contribution in [0.15, 0.2) is 0 Å². The van der Waals surface area contributed by atoms with Crippen molar-refractivity contribution in [3.63, 3.8) is 0 Å². The Labute approximate surface area is 133 Å². The van der Waals surface area contributed by atoms with E-state index in [1.807, 2.05) is 27.7 Å². The molecular formula is C17H40F2S. The first kappa shape index (κ1) is 28.4. The van der Waals surface area contributed by atoms with Gasteiger partial charge < -0.3 is 0 Å². The average Bonchev–Trinajstić information content (AvgIpc) is 2.50. The van der Waals surface area contributed by atoms with E-state index in [2.05, 4.69) is 33.4 Å². The standard InChI is InChI=1S/C12H26S.2C2H6.CH2F2/c1-4-7-10-12(11-13,8-5-2)9-6-3;2*1-2;2-1-3/h13H,4-11H2,1-3H3;2*1-2H3;1H2. The minimum absolute atomic E-state index is 0.558. The van der Waals surface area contributed by atoms with E-state index in [9.17, 15) is 8.78 Å². The van der Waals surface area contributed by atoms with Gasteiger partial charge in [0.1, 0.15) is 0 Å². The van der Waals surface area contributed by atoms with Crippen molar-refractivity contribution >= 4 is 12.6 Å². The fourth-order valence-corrected chi connectivity index (χ4v) is 2.70. The van der Waals surface area contributed by atoms with E-state index in [1.54, 1.807) is 0 Å². The molecule has 0 aromatic carbocycles. The van der Waals surface area contributed by atoms with Crippen LogP contribution in [0.5, 0.6) is 0 Å². The van der Waals surface area contributed by atoms with E-state index in [0.29, 0.717) is 5.41 Å². The maximum atomic E-state index is 9.62. The average molecular weight is 315 g/mol. The van der Waals surface area contributed by atoms with Crippen molar-refractivity contribution in [3.8, 4) is 0 Å². The number of unbranched alkanes of at least 4 members (excludes halogenated alkanes) is 1. The Bertz CT molecular complexity index is 124. The minimum Gasteiger partial charge on any atom is -0.214 e. The summed E-state index contributed by atoms with van der Waals surface area (Å²) in [5.74, 6) is 1.08. The molecular weight excluding hydrogens is 274 g/mol. The summed E-state index contributed by atoms with van der Waals surface area (Å²) in [4.78, 5) is 0. The molecule has 0 rings (SSSR count). The lowest BCUT2D eigenvalue weighted by Crippen LogP contribution is -2.22. The van der Waals surface area contributed by atoms with E-state index in [-0.39, 0.29) is 0 Å². The van der Waals surface area contributed by atoms with E-state index in [4.69, 9.17) is 0 Å². The van der Waals surface area contributed by atoms with Gasteiger partial charge in [-0.3, -0.25) is 0 Å². The van der Waals surface area contributed by atoms with Crippen molar-refractivity contribution in [2.75, 3.05) is 12.7 Å². The molecule has 0 fully saturated rings. The fourth-order valence-electron chi connectivity index (χ4n) is 2.22. The van der Waals surface area contributed by atoms with E-state index in [0.717, 1.165) is 5.75 Å². The Morgan fingerprint density at radius 2 is 1.10 bits per heavy atom. The van der Waals surface area contributed by atoms with Gasteiger partial charge in [-0.1, -0.05) is 74.1 Å². The second-order valence-corrected chi connectivity index (χ2v) is 4.68. The number of rotatable bonds is 8. The van der Waals surface area contributed by atoms with Gasteiger partial charge in [-0.05, 0) is 30.4 Å². The molecule has 0 radical (unpaired) electrons. The smallest absolute Gasteiger partial charge is 0.214 e. The highest BCUT2D eigenvalue weighted by Crippen LogP contribution is 2.36. The van der Waals surface area contributed by atoms with Crippen LogP contribution in [0.2, 0.25) is 0 Å². The van der Waals surface area contributed by atoms with E-state index < -0.39 is 6.93 Å². The van der Waals surface area contributed by atoms with Gasteiger partial charge in [0, 0.05) is 0 Å². The van der Waals surface area contributed by atoms with Gasteiger partial charge in [-0.15, -0.1) is 0 Å². The van der Waals surface area contributed by atoms with Gasteiger partial charge in [0.05, 0.1) is 0 Å². The van der Waals surface area contributed by atoms with E-state index >= 15 is 0 Å². The maximum absolute atomic E-state index is 9.62. The highest BCUT2D eigenvalue weighted by Gasteiger charge is 2.25. The summed E-state index contributed by atoms with van der Waals surface area (Å²) in [5.41, 5.74) is 0.558. The van der Waals surface area contributed by atoms with Crippen molar-refractivity contribution < 1.29 is 8.78 Å². The Morgan fingerprint density at radius 3 is 1.30 bits per heavy atom. The molecule has 0 bridgehead atoms. The summed E-state index contributed by atoms with van der Waals surface area (Å²) in [6, 6.07) is 0. The summed E-state index contributed by atoms with van der Waals surface area (Å²) >= 11 is 4.54. The monoisotopic (exact) mass is 314 g/mol. The lowest BCUT2D eigenvalue weighted by Gasteiger charge is -2.32. The summed E-state index contributed by atoms with van der Waals surface area (Å²) < 4.78 is 19.2. The zero-order valence-electron chi connectivity index (χ0n) is 15.1. The Hall–Kier alpha value is 0.210. The third kappa shape index (κ3) is 20.5. The topological polar surface area (TPSA) is 0 Å². The second kappa shape index (κ2) is 27.5. The van der Waals surface area contributed by atoms with Crippen LogP contribution >= 0.6 is 12.6 Å². The molecule has 128 valence electrons. The van der Waals surface area contributed by atoms with Crippen molar-refractivity contribution in [3.05, 3.63) is 0 Å². The molecule has 0 nitrogen and oxygen atoms in total. The molecule has 0 aromatic heterocycles. The molecule has 0 aliphatic rings. The molecule has 0 aromatic rings. The second-order valence-electron chi connectivity index (χ2n) is 4.36. The summed E-state index contributed by atoms with van der Waals surface area (Å²) in [7, 11) is 0. The predicted molar refractivity (Wildman–Crippen MR) is 95.4 cm³/mol. The predicted octanol–water partition coefficient (Wildman–Crippen LogP) is 7.63. The number of hydrogen-bond donors (Lipinski definition) is 1. The third-order valence-corrected chi connectivity index (χ3v) is 3.63. The highest BCUT2D eigenvalue weighted by molar-refractivity contribution is 7.80. The number of halogens is 2. The Balaban J connectivity index is -0.000000155. The van der Waals surface area contributed by atoms with Crippen molar-refractivity contribution in [2.45, 2.75) is 93.4 Å². The quantitative estimate of drug-likeness (QED) is 0.437. The van der Waals surface area contributed by atoms with Crippen molar-refractivity contribution in [1.82, 2.24) is 0 Å². The number of thiol groups is 1. The fraction of sp³-hybridized carbons (Fsp3) is 1.00. The minimum atomic E-state index is -1.75. The highest BCUT2D eigenvalue weighted by atomic mass is 32.1. The molecule has 0 heterocycles. The van der Waals surface area contributed by atoms with Crippen LogP contribution < -0.4 is 0 Å². The van der Waals surface area contributed by atoms with Crippen LogP contribution in [-0.2, 0) is 0 Å². The number of hydrogen-bond acceptors (Lipinski definition) is 1. The zero-order valence-corrected chi connectivity index (χ0v) is 16.0. The first-order valence-electron chi connectivity index (χ1n) is 8.39. The first-order valence-corrected chi connectivity index (χ1v) is 9.02. The lowest BCUT2D eigenvalue weighted by atomic mass is 9.77. The van der Waals surface area contributed by atoms with Crippen LogP contribution in [0.1, 0.15) is 93.4 Å². The molecule has 20 heavy (non-hydrogen) atoms. The van der Waals surface area contributed by atoms with Gasteiger partial charge in [0.2, 0.25) is 6.93 Å². The van der Waals surface area contributed by atoms with Gasteiger partial charge in [0.15, 0.2) is 0 Å². The molecule has 3 heteroatoms. The lowest BCUT2D eigenvalue weighted by molar-refractivity contribution is 0.245. The van der Waals surface area contributed by atoms with Crippen LogP contribution in [0.25, 0.3) is 0 Å². The van der Waals surface area contributed by atoms with Crippen LogP contribution in [0, 0.1) is 5.41 Å². The molecule has 0 spiro atoms. The van der Waals surface area contributed by atoms with E-state index in [1.165, 1.54) is 44.9 Å². The summed E-state index contributed by atoms with van der Waals surface area (Å²) in [6.45, 7) is 13.1. The molecule has 0 aliphatic heterocycles. The van der Waals surface area contributed by atoms with Gasteiger partial charge >= 0.3 is 0 Å².